The van der Waals surface area contributed by atoms with Gasteiger partial charge in [-0.15, -0.1) is 0 Å². The molecule has 0 aliphatic heterocycles. The fraction of sp³-hybridized carbons (Fsp3) is 0.222. The van der Waals surface area contributed by atoms with Gasteiger partial charge in [0.05, 0.1) is 29.4 Å². The Morgan fingerprint density at radius 2 is 1.39 bits per heavy atom. The van der Waals surface area contributed by atoms with Crippen molar-refractivity contribution in [2.45, 2.75) is 6.92 Å². The molecule has 3 aromatic carbocycles. The van der Waals surface area contributed by atoms with E-state index in [2.05, 4.69) is 5.32 Å². The molecule has 38 heavy (non-hydrogen) atoms. The summed E-state index contributed by atoms with van der Waals surface area (Å²) in [7, 11) is -3.00. The number of nitrogens with one attached hydrogen (secondary N) is 1. The molecule has 0 aliphatic rings. The van der Waals surface area contributed by atoms with Crippen molar-refractivity contribution in [2.24, 2.45) is 0 Å². The van der Waals surface area contributed by atoms with E-state index in [0.29, 0.717) is 39.1 Å². The van der Waals surface area contributed by atoms with Gasteiger partial charge in [-0.1, -0.05) is 48.0 Å². The van der Waals surface area contributed by atoms with Crippen LogP contribution in [0.5, 0.6) is 0 Å². The average molecular weight is 556 g/mol. The number of anilines is 2. The van der Waals surface area contributed by atoms with Crippen LogP contribution in [-0.2, 0) is 20.0 Å². The monoisotopic (exact) mass is 555 g/mol. The zero-order valence-electron chi connectivity index (χ0n) is 21.9. The lowest BCUT2D eigenvalue weighted by molar-refractivity contribution is 0.0964. The Hall–Kier alpha value is -3.83. The number of carbonyl (C=O) groups is 1. The van der Waals surface area contributed by atoms with Crippen molar-refractivity contribution in [3.05, 3.63) is 71.8 Å². The SMILES string of the molecule is CNC(=O)c1c(-c2ccc(C)cc2)oc2cc(N(C)S(C)(=O)=O)c(-c3ccccc3N(C)S(C)(=O)=O)cc12. The molecule has 11 heteroatoms. The second-order valence-electron chi connectivity index (χ2n) is 9.09. The van der Waals surface area contributed by atoms with Crippen LogP contribution in [0.3, 0.4) is 0 Å². The lowest BCUT2D eigenvalue weighted by atomic mass is 9.97. The molecular weight excluding hydrogens is 526 g/mol. The maximum absolute atomic E-state index is 13.1. The van der Waals surface area contributed by atoms with Crippen LogP contribution in [0.15, 0.2) is 65.1 Å². The number of para-hydroxylation sites is 1. The Morgan fingerprint density at radius 3 is 1.97 bits per heavy atom. The standard InChI is InChI=1S/C27H29N3O6S2/c1-17-11-13-18(14-12-17)26-25(27(31)28-2)21-15-20(23(16-24(21)36-26)30(4)38(6,34)35)19-9-7-8-10-22(19)29(3)37(5,32)33/h7-16H,1-6H3,(H,28,31). The van der Waals surface area contributed by atoms with Crippen LogP contribution in [0.4, 0.5) is 11.4 Å². The molecule has 0 atom stereocenters. The summed E-state index contributed by atoms with van der Waals surface area (Å²) in [4.78, 5) is 13.1. The molecule has 9 nitrogen and oxygen atoms in total. The first-order chi connectivity index (χ1) is 17.7. The third-order valence-electron chi connectivity index (χ3n) is 6.44. The Balaban J connectivity index is 2.13. The van der Waals surface area contributed by atoms with Crippen molar-refractivity contribution in [1.29, 1.82) is 0 Å². The highest BCUT2D eigenvalue weighted by molar-refractivity contribution is 7.92. The number of benzene rings is 3. The molecule has 0 radical (unpaired) electrons. The molecule has 0 fully saturated rings. The summed E-state index contributed by atoms with van der Waals surface area (Å²) in [5.74, 6) is -0.0398. The molecule has 4 aromatic rings. The van der Waals surface area contributed by atoms with Gasteiger partial charge in [-0.05, 0) is 19.1 Å². The van der Waals surface area contributed by atoms with Crippen LogP contribution in [0.1, 0.15) is 15.9 Å². The number of sulfonamides is 2. The zero-order chi connectivity index (χ0) is 28.0. The smallest absolute Gasteiger partial charge is 0.255 e. The van der Waals surface area contributed by atoms with Gasteiger partial charge < -0.3 is 9.73 Å². The van der Waals surface area contributed by atoms with Gasteiger partial charge in [-0.2, -0.15) is 0 Å². The molecule has 0 aliphatic carbocycles. The van der Waals surface area contributed by atoms with Gasteiger partial charge in [0, 0.05) is 49.3 Å². The van der Waals surface area contributed by atoms with Crippen molar-refractivity contribution in [2.75, 3.05) is 42.3 Å². The van der Waals surface area contributed by atoms with Crippen molar-refractivity contribution < 1.29 is 26.0 Å². The van der Waals surface area contributed by atoms with Crippen molar-refractivity contribution >= 4 is 48.3 Å². The van der Waals surface area contributed by atoms with E-state index in [0.717, 1.165) is 26.7 Å². The van der Waals surface area contributed by atoms with Crippen LogP contribution in [0.2, 0.25) is 0 Å². The summed E-state index contributed by atoms with van der Waals surface area (Å²) in [6, 6.07) is 17.5. The number of nitrogens with zero attached hydrogens (tertiary/aromatic N) is 2. The molecule has 1 heterocycles. The minimum atomic E-state index is -3.72. The minimum Gasteiger partial charge on any atom is -0.455 e. The van der Waals surface area contributed by atoms with Gasteiger partial charge >= 0.3 is 0 Å². The molecule has 200 valence electrons. The topological polar surface area (TPSA) is 117 Å². The summed E-state index contributed by atoms with van der Waals surface area (Å²) >= 11 is 0. The number of furan rings is 1. The molecule has 4 rings (SSSR count). The van der Waals surface area contributed by atoms with Crippen LogP contribution in [0, 0.1) is 6.92 Å². The van der Waals surface area contributed by atoms with Crippen LogP contribution in [0.25, 0.3) is 33.4 Å². The summed E-state index contributed by atoms with van der Waals surface area (Å²) in [6.07, 6.45) is 2.16. The summed E-state index contributed by atoms with van der Waals surface area (Å²) in [5, 5.41) is 3.11. The molecule has 0 saturated heterocycles. The Labute approximate surface area is 222 Å². The number of hydrogen-bond acceptors (Lipinski definition) is 6. The maximum atomic E-state index is 13.1. The fourth-order valence-electron chi connectivity index (χ4n) is 4.20. The third-order valence-corrected chi connectivity index (χ3v) is 8.83. The number of aryl methyl sites for hydroxylation is 1. The van der Waals surface area contributed by atoms with Gasteiger partial charge in [-0.3, -0.25) is 13.4 Å². The minimum absolute atomic E-state index is 0.266. The zero-order valence-corrected chi connectivity index (χ0v) is 23.6. The van der Waals surface area contributed by atoms with Crippen molar-refractivity contribution in [3.63, 3.8) is 0 Å². The van der Waals surface area contributed by atoms with Crippen molar-refractivity contribution in [1.82, 2.24) is 5.32 Å². The summed E-state index contributed by atoms with van der Waals surface area (Å²) in [6.45, 7) is 1.95. The highest BCUT2D eigenvalue weighted by atomic mass is 32.2. The first-order valence-corrected chi connectivity index (χ1v) is 15.3. The molecule has 1 amide bonds. The Morgan fingerprint density at radius 1 is 0.816 bits per heavy atom. The van der Waals surface area contributed by atoms with E-state index in [1.54, 1.807) is 36.4 Å². The van der Waals surface area contributed by atoms with Crippen LogP contribution < -0.4 is 13.9 Å². The van der Waals surface area contributed by atoms with Gasteiger partial charge in [-0.25, -0.2) is 16.8 Å². The normalized spacial score (nSPS) is 11.9. The molecule has 0 bridgehead atoms. The van der Waals surface area contributed by atoms with Gasteiger partial charge in [0.15, 0.2) is 0 Å². The number of fused-ring (bicyclic) bond motifs is 1. The van der Waals surface area contributed by atoms with Crippen LogP contribution in [-0.4, -0.2) is 56.4 Å². The predicted octanol–water partition coefficient (Wildman–Crippen LogP) is 4.23. The number of hydrogen-bond donors (Lipinski definition) is 1. The first-order valence-electron chi connectivity index (χ1n) is 11.6. The highest BCUT2D eigenvalue weighted by Crippen LogP contribution is 2.43. The second-order valence-corrected chi connectivity index (χ2v) is 13.1. The number of carbonyl (C=O) groups excluding carboxylic acids is 1. The predicted molar refractivity (Wildman–Crippen MR) is 152 cm³/mol. The quantitative estimate of drug-likeness (QED) is 0.365. The largest absolute Gasteiger partial charge is 0.455 e. The highest BCUT2D eigenvalue weighted by Gasteiger charge is 2.27. The van der Waals surface area contributed by atoms with E-state index in [1.807, 2.05) is 31.2 Å². The van der Waals surface area contributed by atoms with Crippen LogP contribution >= 0.6 is 0 Å². The van der Waals surface area contributed by atoms with Gasteiger partial charge in [0.1, 0.15) is 11.3 Å². The maximum Gasteiger partial charge on any atom is 0.255 e. The Kier molecular flexibility index (Phi) is 7.02. The molecule has 1 aromatic heterocycles. The molecule has 0 spiro atoms. The van der Waals surface area contributed by atoms with E-state index in [4.69, 9.17) is 4.42 Å². The van der Waals surface area contributed by atoms with E-state index >= 15 is 0 Å². The number of rotatable bonds is 7. The first kappa shape index (κ1) is 27.2. The van der Waals surface area contributed by atoms with E-state index in [-0.39, 0.29) is 17.2 Å². The van der Waals surface area contributed by atoms with E-state index < -0.39 is 20.0 Å². The fourth-order valence-corrected chi connectivity index (χ4v) is 5.23. The summed E-state index contributed by atoms with van der Waals surface area (Å²) < 4.78 is 58.5. The number of amides is 1. The third kappa shape index (κ3) is 4.99. The Bertz CT molecular complexity index is 1760. The lowest BCUT2D eigenvalue weighted by Crippen LogP contribution is -2.27. The summed E-state index contributed by atoms with van der Waals surface area (Å²) in [5.41, 5.74) is 3.81. The second kappa shape index (κ2) is 9.80. The van der Waals surface area contributed by atoms with E-state index in [9.17, 15) is 21.6 Å². The molecular formula is C27H29N3O6S2. The average Bonchev–Trinajstić information content (AvgIpc) is 3.24. The van der Waals surface area contributed by atoms with Gasteiger partial charge in [0.2, 0.25) is 20.0 Å². The molecule has 1 N–H and O–H groups in total. The van der Waals surface area contributed by atoms with Crippen molar-refractivity contribution in [3.8, 4) is 22.5 Å². The van der Waals surface area contributed by atoms with E-state index in [1.165, 1.54) is 21.1 Å². The lowest BCUT2D eigenvalue weighted by Gasteiger charge is -2.24. The molecule has 0 saturated carbocycles. The van der Waals surface area contributed by atoms with Gasteiger partial charge in [0.25, 0.3) is 5.91 Å². The molecule has 0 unspecified atom stereocenters.